The molecule has 0 aliphatic carbocycles. The van der Waals surface area contributed by atoms with Crippen LogP contribution in [-0.2, 0) is 16.1 Å². The molecule has 1 heterocycles. The van der Waals surface area contributed by atoms with Crippen LogP contribution in [0.5, 0.6) is 0 Å². The fourth-order valence-corrected chi connectivity index (χ4v) is 4.59. The third-order valence-electron chi connectivity index (χ3n) is 6.98. The Morgan fingerprint density at radius 1 is 0.833 bits per heavy atom. The van der Waals surface area contributed by atoms with Crippen molar-refractivity contribution in [2.24, 2.45) is 5.92 Å². The first kappa shape index (κ1) is 26.4. The first-order chi connectivity index (χ1) is 17.4. The summed E-state index contributed by atoms with van der Waals surface area (Å²) in [5.41, 5.74) is 1.48. The Hall–Kier alpha value is -2.64. The minimum Gasteiger partial charge on any atom is -0.377 e. The maximum atomic E-state index is 15.0. The van der Waals surface area contributed by atoms with E-state index in [0.29, 0.717) is 36.7 Å². The van der Waals surface area contributed by atoms with Crippen LogP contribution in [0.25, 0.3) is 22.3 Å². The number of halogens is 4. The van der Waals surface area contributed by atoms with Crippen molar-refractivity contribution in [1.82, 2.24) is 0 Å². The van der Waals surface area contributed by atoms with E-state index in [1.54, 1.807) is 36.4 Å². The first-order valence-electron chi connectivity index (χ1n) is 12.7. The SMILES string of the molecule is BCC1CCC(c2ccc(-c3ccc(-c4ccc(COCCCC)c(F)c4F)cc3)c(F)c2F)OC1. The predicted molar refractivity (Wildman–Crippen MR) is 136 cm³/mol. The van der Waals surface area contributed by atoms with Crippen molar-refractivity contribution < 1.29 is 27.0 Å². The van der Waals surface area contributed by atoms with Gasteiger partial charge in [-0.25, -0.2) is 17.6 Å². The van der Waals surface area contributed by atoms with Crippen LogP contribution in [0.2, 0.25) is 6.32 Å². The predicted octanol–water partition coefficient (Wildman–Crippen LogP) is 7.41. The highest BCUT2D eigenvalue weighted by atomic mass is 19.2. The van der Waals surface area contributed by atoms with E-state index < -0.39 is 29.4 Å². The zero-order chi connectivity index (χ0) is 25.7. The van der Waals surface area contributed by atoms with Crippen molar-refractivity contribution in [2.75, 3.05) is 13.2 Å². The van der Waals surface area contributed by atoms with Gasteiger partial charge in [-0.15, -0.1) is 0 Å². The standard InChI is InChI=1S/C29H31BF4O2/c1-2-3-14-35-17-21-9-10-22(27(32)26(21)31)19-5-7-20(8-6-19)23-11-12-24(29(34)28(23)33)25-13-4-18(15-30)16-36-25/h5-12,18,25H,2-4,13-17,30H2,1H3. The summed E-state index contributed by atoms with van der Waals surface area (Å²) < 4.78 is 70.5. The highest BCUT2D eigenvalue weighted by Gasteiger charge is 2.26. The Labute approximate surface area is 211 Å². The molecule has 4 rings (SSSR count). The van der Waals surface area contributed by atoms with Gasteiger partial charge in [0.05, 0.1) is 12.7 Å². The van der Waals surface area contributed by atoms with Gasteiger partial charge < -0.3 is 9.47 Å². The van der Waals surface area contributed by atoms with E-state index in [0.717, 1.165) is 25.6 Å². The molecule has 1 saturated heterocycles. The number of hydrogen-bond acceptors (Lipinski definition) is 2. The summed E-state index contributed by atoms with van der Waals surface area (Å²) in [5.74, 6) is -3.28. The quantitative estimate of drug-likeness (QED) is 0.174. The fourth-order valence-electron chi connectivity index (χ4n) is 4.59. The average Bonchev–Trinajstić information content (AvgIpc) is 2.91. The second kappa shape index (κ2) is 12.1. The Balaban J connectivity index is 1.52. The van der Waals surface area contributed by atoms with Gasteiger partial charge in [-0.05, 0) is 36.3 Å². The molecule has 1 aliphatic rings. The molecular weight excluding hydrogens is 467 g/mol. The van der Waals surface area contributed by atoms with Crippen molar-refractivity contribution in [2.45, 2.75) is 51.6 Å². The zero-order valence-corrected chi connectivity index (χ0v) is 20.8. The fraction of sp³-hybridized carbons (Fsp3) is 0.379. The Kier molecular flexibility index (Phi) is 8.86. The van der Waals surface area contributed by atoms with Gasteiger partial charge in [-0.3, -0.25) is 0 Å². The number of ether oxygens (including phenoxy) is 2. The number of hydrogen-bond donors (Lipinski definition) is 0. The van der Waals surface area contributed by atoms with Crippen LogP contribution in [0.15, 0.2) is 48.5 Å². The molecule has 2 unspecified atom stereocenters. The highest BCUT2D eigenvalue weighted by Crippen LogP contribution is 2.36. The molecule has 1 aliphatic heterocycles. The molecule has 190 valence electrons. The van der Waals surface area contributed by atoms with Crippen LogP contribution in [0, 0.1) is 29.2 Å². The Morgan fingerprint density at radius 2 is 1.47 bits per heavy atom. The van der Waals surface area contributed by atoms with E-state index in [9.17, 15) is 13.2 Å². The molecule has 0 amide bonds. The molecule has 2 nitrogen and oxygen atoms in total. The Morgan fingerprint density at radius 3 is 2.06 bits per heavy atom. The summed E-state index contributed by atoms with van der Waals surface area (Å²) in [5, 5.41) is 0. The molecule has 0 bridgehead atoms. The lowest BCUT2D eigenvalue weighted by Gasteiger charge is -2.29. The van der Waals surface area contributed by atoms with E-state index in [-0.39, 0.29) is 28.9 Å². The molecule has 0 N–H and O–H groups in total. The van der Waals surface area contributed by atoms with E-state index in [1.807, 2.05) is 6.92 Å². The minimum atomic E-state index is -0.960. The van der Waals surface area contributed by atoms with Gasteiger partial charge in [-0.2, -0.15) is 0 Å². The van der Waals surface area contributed by atoms with E-state index in [1.165, 1.54) is 12.1 Å². The van der Waals surface area contributed by atoms with Crippen LogP contribution >= 0.6 is 0 Å². The molecule has 2 atom stereocenters. The van der Waals surface area contributed by atoms with Gasteiger partial charge in [-0.1, -0.05) is 68.2 Å². The summed E-state index contributed by atoms with van der Waals surface area (Å²) in [6.07, 6.45) is 3.96. The zero-order valence-electron chi connectivity index (χ0n) is 20.8. The van der Waals surface area contributed by atoms with Crippen molar-refractivity contribution in [1.29, 1.82) is 0 Å². The second-order valence-corrected chi connectivity index (χ2v) is 9.39. The second-order valence-electron chi connectivity index (χ2n) is 9.39. The molecule has 0 aromatic heterocycles. The van der Waals surface area contributed by atoms with E-state index >= 15 is 4.39 Å². The molecule has 3 aromatic rings. The lowest BCUT2D eigenvalue weighted by Crippen LogP contribution is -2.21. The van der Waals surface area contributed by atoms with Gasteiger partial charge in [0, 0.05) is 35.5 Å². The van der Waals surface area contributed by atoms with E-state index in [2.05, 4.69) is 7.85 Å². The number of rotatable bonds is 9. The third-order valence-corrected chi connectivity index (χ3v) is 6.98. The summed E-state index contributed by atoms with van der Waals surface area (Å²) in [7, 11) is 2.10. The summed E-state index contributed by atoms with van der Waals surface area (Å²) in [6.45, 7) is 3.08. The highest BCUT2D eigenvalue weighted by molar-refractivity contribution is 6.08. The summed E-state index contributed by atoms with van der Waals surface area (Å²) in [4.78, 5) is 0. The molecule has 3 aromatic carbocycles. The maximum Gasteiger partial charge on any atom is 0.167 e. The summed E-state index contributed by atoms with van der Waals surface area (Å²) >= 11 is 0. The lowest BCUT2D eigenvalue weighted by atomic mass is 9.85. The lowest BCUT2D eigenvalue weighted by molar-refractivity contribution is -0.0142. The molecule has 0 spiro atoms. The molecule has 7 heteroatoms. The van der Waals surface area contributed by atoms with Crippen LogP contribution in [0.3, 0.4) is 0 Å². The number of benzene rings is 3. The largest absolute Gasteiger partial charge is 0.377 e. The van der Waals surface area contributed by atoms with Crippen molar-refractivity contribution in [3.63, 3.8) is 0 Å². The minimum absolute atomic E-state index is 0.00783. The topological polar surface area (TPSA) is 18.5 Å². The van der Waals surface area contributed by atoms with Crippen LogP contribution < -0.4 is 0 Å². The van der Waals surface area contributed by atoms with Crippen LogP contribution in [0.4, 0.5) is 17.6 Å². The van der Waals surface area contributed by atoms with Gasteiger partial charge in [0.15, 0.2) is 23.3 Å². The van der Waals surface area contributed by atoms with Gasteiger partial charge >= 0.3 is 0 Å². The maximum absolute atomic E-state index is 15.0. The van der Waals surface area contributed by atoms with Crippen LogP contribution in [-0.4, -0.2) is 21.1 Å². The van der Waals surface area contributed by atoms with Gasteiger partial charge in [0.25, 0.3) is 0 Å². The average molecular weight is 498 g/mol. The van der Waals surface area contributed by atoms with Crippen molar-refractivity contribution in [3.05, 3.63) is 82.9 Å². The summed E-state index contributed by atoms with van der Waals surface area (Å²) in [6, 6.07) is 12.5. The molecule has 0 radical (unpaired) electrons. The van der Waals surface area contributed by atoms with Crippen molar-refractivity contribution >= 4 is 7.85 Å². The van der Waals surface area contributed by atoms with Gasteiger partial charge in [0.1, 0.15) is 7.85 Å². The normalized spacial score (nSPS) is 17.9. The molecular formula is C29H31BF4O2. The smallest absolute Gasteiger partial charge is 0.167 e. The Bertz CT molecular complexity index is 1170. The molecule has 36 heavy (non-hydrogen) atoms. The van der Waals surface area contributed by atoms with Gasteiger partial charge in [0.2, 0.25) is 0 Å². The molecule has 1 fully saturated rings. The van der Waals surface area contributed by atoms with Crippen LogP contribution in [0.1, 0.15) is 49.8 Å². The third kappa shape index (κ3) is 5.68. The molecule has 0 saturated carbocycles. The first-order valence-corrected chi connectivity index (χ1v) is 12.7. The monoisotopic (exact) mass is 498 g/mol. The number of unbranched alkanes of at least 4 members (excludes halogenated alkanes) is 1. The van der Waals surface area contributed by atoms with E-state index in [4.69, 9.17) is 9.47 Å². The van der Waals surface area contributed by atoms with Crippen molar-refractivity contribution in [3.8, 4) is 22.3 Å².